The van der Waals surface area contributed by atoms with E-state index in [1.54, 1.807) is 0 Å². The number of carbonyl (C=O) groups excluding carboxylic acids is 1. The Morgan fingerprint density at radius 3 is 2.54 bits per heavy atom. The smallest absolute Gasteiger partial charge is 0.170 e. The largest absolute Gasteiger partial charge is 0.486 e. The van der Waals surface area contributed by atoms with Crippen LogP contribution in [0, 0.1) is 0 Å². The van der Waals surface area contributed by atoms with E-state index >= 15 is 0 Å². The first kappa shape index (κ1) is 15.3. The molecule has 3 aromatic rings. The van der Waals surface area contributed by atoms with Crippen molar-refractivity contribution in [3.63, 3.8) is 0 Å². The minimum atomic E-state index is -0.383. The van der Waals surface area contributed by atoms with Crippen molar-refractivity contribution in [2.45, 2.75) is 24.9 Å². The van der Waals surface area contributed by atoms with Crippen LogP contribution in [0.1, 0.15) is 29.6 Å². The van der Waals surface area contributed by atoms with Crippen molar-refractivity contribution < 1.29 is 9.53 Å². The highest BCUT2D eigenvalue weighted by atomic mass is 16.5. The molecule has 0 radical (unpaired) electrons. The van der Waals surface area contributed by atoms with Crippen LogP contribution in [-0.4, -0.2) is 34.4 Å². The number of anilines is 1. The van der Waals surface area contributed by atoms with E-state index < -0.39 is 0 Å². The van der Waals surface area contributed by atoms with E-state index in [0.717, 1.165) is 48.5 Å². The first-order valence-corrected chi connectivity index (χ1v) is 9.01. The van der Waals surface area contributed by atoms with Gasteiger partial charge in [-0.2, -0.15) is 0 Å². The highest BCUT2D eigenvalue weighted by Gasteiger charge is 2.43. The number of Topliss-reactive ketones (excluding diaryl/α,β-unsaturated/α-hetero) is 1. The van der Waals surface area contributed by atoms with Crippen LogP contribution >= 0.6 is 0 Å². The third-order valence-corrected chi connectivity index (χ3v) is 5.43. The van der Waals surface area contributed by atoms with Crippen molar-refractivity contribution in [2.24, 2.45) is 0 Å². The fourth-order valence-corrected chi connectivity index (χ4v) is 3.97. The lowest BCUT2D eigenvalue weighted by atomic mass is 9.82. The summed E-state index contributed by atoms with van der Waals surface area (Å²) in [6.07, 6.45) is 3.91. The summed E-state index contributed by atoms with van der Waals surface area (Å²) in [4.78, 5) is 24.0. The summed E-state index contributed by atoms with van der Waals surface area (Å²) in [5, 5.41) is 0. The van der Waals surface area contributed by atoms with Crippen molar-refractivity contribution in [2.75, 3.05) is 18.0 Å². The van der Waals surface area contributed by atoms with Gasteiger partial charge in [-0.25, -0.2) is 4.98 Å². The number of para-hydroxylation sites is 3. The molecular formula is C21H19N3O2. The molecule has 5 rings (SSSR count). The highest BCUT2D eigenvalue weighted by molar-refractivity contribution is 6.00. The number of piperidine rings is 1. The molecule has 2 aromatic carbocycles. The average molecular weight is 345 g/mol. The average Bonchev–Trinajstić information content (AvgIpc) is 2.68. The molecule has 2 aliphatic rings. The Morgan fingerprint density at radius 1 is 0.962 bits per heavy atom. The predicted molar refractivity (Wildman–Crippen MR) is 99.7 cm³/mol. The Labute approximate surface area is 151 Å². The Balaban J connectivity index is 1.37. The van der Waals surface area contributed by atoms with Crippen molar-refractivity contribution in [3.05, 3.63) is 60.3 Å². The summed E-state index contributed by atoms with van der Waals surface area (Å²) < 4.78 is 6.30. The second-order valence-corrected chi connectivity index (χ2v) is 7.09. The molecule has 0 unspecified atom stereocenters. The van der Waals surface area contributed by atoms with Crippen LogP contribution in [0.2, 0.25) is 0 Å². The summed E-state index contributed by atoms with van der Waals surface area (Å²) in [6.45, 7) is 1.62. The Bertz CT molecular complexity index is 993. The summed E-state index contributed by atoms with van der Waals surface area (Å²) in [5.41, 5.74) is 2.14. The van der Waals surface area contributed by atoms with Gasteiger partial charge in [0.15, 0.2) is 5.78 Å². The molecule has 1 spiro atoms. The van der Waals surface area contributed by atoms with Crippen LogP contribution in [-0.2, 0) is 0 Å². The second-order valence-electron chi connectivity index (χ2n) is 7.09. The van der Waals surface area contributed by atoms with Gasteiger partial charge in [-0.05, 0) is 24.3 Å². The van der Waals surface area contributed by atoms with E-state index in [4.69, 9.17) is 9.72 Å². The number of hydrogen-bond acceptors (Lipinski definition) is 5. The molecule has 3 heterocycles. The molecule has 130 valence electrons. The van der Waals surface area contributed by atoms with E-state index in [-0.39, 0.29) is 11.4 Å². The number of fused-ring (bicyclic) bond motifs is 2. The minimum Gasteiger partial charge on any atom is -0.486 e. The molecule has 1 aromatic heterocycles. The van der Waals surface area contributed by atoms with Crippen molar-refractivity contribution in [1.29, 1.82) is 0 Å². The van der Waals surface area contributed by atoms with Gasteiger partial charge in [0, 0.05) is 25.9 Å². The molecule has 0 bridgehead atoms. The lowest BCUT2D eigenvalue weighted by molar-refractivity contribution is 0.0231. The van der Waals surface area contributed by atoms with E-state index in [2.05, 4.69) is 9.88 Å². The summed E-state index contributed by atoms with van der Waals surface area (Å²) in [5.74, 6) is 1.80. The van der Waals surface area contributed by atoms with Crippen LogP contribution in [0.15, 0.2) is 54.7 Å². The third-order valence-electron chi connectivity index (χ3n) is 5.43. The van der Waals surface area contributed by atoms with Crippen LogP contribution in [0.5, 0.6) is 5.75 Å². The fraction of sp³-hybridized carbons (Fsp3) is 0.286. The van der Waals surface area contributed by atoms with Crippen molar-refractivity contribution >= 4 is 22.6 Å². The number of benzene rings is 2. The molecular weight excluding hydrogens is 326 g/mol. The van der Waals surface area contributed by atoms with Gasteiger partial charge in [0.2, 0.25) is 0 Å². The van der Waals surface area contributed by atoms with E-state index in [1.165, 1.54) is 0 Å². The first-order valence-electron chi connectivity index (χ1n) is 9.01. The first-order chi connectivity index (χ1) is 12.7. The number of ether oxygens (including phenoxy) is 1. The maximum absolute atomic E-state index is 12.5. The van der Waals surface area contributed by atoms with Crippen LogP contribution < -0.4 is 9.64 Å². The third kappa shape index (κ3) is 2.51. The molecule has 26 heavy (non-hydrogen) atoms. The molecule has 5 nitrogen and oxygen atoms in total. The molecule has 0 N–H and O–H groups in total. The molecule has 1 saturated heterocycles. The quantitative estimate of drug-likeness (QED) is 0.674. The minimum absolute atomic E-state index is 0.186. The van der Waals surface area contributed by atoms with Gasteiger partial charge in [-0.3, -0.25) is 9.78 Å². The molecule has 0 aliphatic carbocycles. The molecule has 1 fully saturated rings. The van der Waals surface area contributed by atoms with Gasteiger partial charge in [0.1, 0.15) is 17.2 Å². The molecule has 0 amide bonds. The Hall–Kier alpha value is -2.95. The maximum atomic E-state index is 12.5. The van der Waals surface area contributed by atoms with E-state index in [0.29, 0.717) is 12.0 Å². The standard InChI is InChI=1S/C21H19N3O2/c25-18-13-21(26-19-8-4-1-5-15(18)19)9-11-24(12-10-21)20-14-22-16-6-2-3-7-17(16)23-20/h1-8,14H,9-13H2. The normalized spacial score (nSPS) is 18.6. The maximum Gasteiger partial charge on any atom is 0.170 e. The van der Waals surface area contributed by atoms with Crippen molar-refractivity contribution in [3.8, 4) is 5.75 Å². The van der Waals surface area contributed by atoms with E-state index in [9.17, 15) is 4.79 Å². The van der Waals surface area contributed by atoms with Gasteiger partial charge in [0.25, 0.3) is 0 Å². The second kappa shape index (κ2) is 5.80. The molecule has 0 saturated carbocycles. The summed E-state index contributed by atoms with van der Waals surface area (Å²) in [7, 11) is 0. The molecule has 5 heteroatoms. The van der Waals surface area contributed by atoms with Gasteiger partial charge < -0.3 is 9.64 Å². The lowest BCUT2D eigenvalue weighted by Gasteiger charge is -2.44. The highest BCUT2D eigenvalue weighted by Crippen LogP contribution is 2.39. The SMILES string of the molecule is O=C1CC2(CCN(c3cnc4ccccc4n3)CC2)Oc2ccccc21. The lowest BCUT2D eigenvalue weighted by Crippen LogP contribution is -2.51. The van der Waals surface area contributed by atoms with Crippen molar-refractivity contribution in [1.82, 2.24) is 9.97 Å². The number of rotatable bonds is 1. The Kier molecular flexibility index (Phi) is 3.42. The van der Waals surface area contributed by atoms with Gasteiger partial charge in [-0.1, -0.05) is 24.3 Å². The van der Waals surface area contributed by atoms with Crippen LogP contribution in [0.25, 0.3) is 11.0 Å². The number of ketones is 1. The van der Waals surface area contributed by atoms with Gasteiger partial charge >= 0.3 is 0 Å². The topological polar surface area (TPSA) is 55.3 Å². The number of carbonyl (C=O) groups is 1. The van der Waals surface area contributed by atoms with Crippen LogP contribution in [0.4, 0.5) is 5.82 Å². The van der Waals surface area contributed by atoms with Gasteiger partial charge in [0.05, 0.1) is 29.2 Å². The van der Waals surface area contributed by atoms with Gasteiger partial charge in [-0.15, -0.1) is 0 Å². The number of hydrogen-bond donors (Lipinski definition) is 0. The summed E-state index contributed by atoms with van der Waals surface area (Å²) >= 11 is 0. The van der Waals surface area contributed by atoms with Crippen LogP contribution in [0.3, 0.4) is 0 Å². The summed E-state index contributed by atoms with van der Waals surface area (Å²) in [6, 6.07) is 15.5. The monoisotopic (exact) mass is 345 g/mol. The van der Waals surface area contributed by atoms with E-state index in [1.807, 2.05) is 54.7 Å². The zero-order chi connectivity index (χ0) is 17.6. The number of aromatic nitrogens is 2. The molecule has 2 aliphatic heterocycles. The predicted octanol–water partition coefficient (Wildman–Crippen LogP) is 3.63. The zero-order valence-corrected chi connectivity index (χ0v) is 14.4. The molecule has 0 atom stereocenters. The number of nitrogens with zero attached hydrogens (tertiary/aromatic N) is 3. The fourth-order valence-electron chi connectivity index (χ4n) is 3.97. The zero-order valence-electron chi connectivity index (χ0n) is 14.4. The Morgan fingerprint density at radius 2 is 1.69 bits per heavy atom.